The van der Waals surface area contributed by atoms with Gasteiger partial charge in [-0.2, -0.15) is 0 Å². The van der Waals surface area contributed by atoms with Crippen LogP contribution >= 0.6 is 0 Å². The van der Waals surface area contributed by atoms with Crippen LogP contribution in [0, 0.1) is 13.8 Å². The maximum atomic E-state index is 11.1. The Kier molecular flexibility index (Phi) is 8.17. The highest BCUT2D eigenvalue weighted by Crippen LogP contribution is 2.43. The van der Waals surface area contributed by atoms with Crippen LogP contribution in [0.4, 0.5) is 0 Å². The van der Waals surface area contributed by atoms with Gasteiger partial charge in [-0.15, -0.1) is 0 Å². The topological polar surface area (TPSA) is 72.0 Å². The zero-order chi connectivity index (χ0) is 36.5. The number of aromatic nitrogens is 3. The molecule has 0 aliphatic carbocycles. The molecule has 0 aliphatic rings. The lowest BCUT2D eigenvalue weighted by Crippen LogP contribution is -2.18. The number of hydrogen-bond donors (Lipinski definition) is 1. The third-order valence-corrected chi connectivity index (χ3v) is 10.3. The largest absolute Gasteiger partial charge is 0.507 e. The number of hydrogen-bond acceptors (Lipinski definition) is 5. The summed E-state index contributed by atoms with van der Waals surface area (Å²) in [6.45, 7) is 22.0. The number of rotatable bonds is 5. The first kappa shape index (κ1) is 34.2. The first-order chi connectivity index (χ1) is 24.0. The minimum atomic E-state index is -0.331. The van der Waals surface area contributed by atoms with E-state index >= 15 is 0 Å². The Hall–Kier alpha value is -5.29. The summed E-state index contributed by atoms with van der Waals surface area (Å²) >= 11 is 0. The van der Waals surface area contributed by atoms with Crippen molar-refractivity contribution in [3.63, 3.8) is 0 Å². The quantitative estimate of drug-likeness (QED) is 0.197. The third kappa shape index (κ3) is 6.20. The SMILES string of the molecule is Cc1cc(-c2cc(C(C)(C)c3ccccc3)cc3oc(-c4cc(C(C)(C)C)ccc4O)nc23)cc(-c2cc(C(C)(C)C)c(C)c3nccnc23)c1. The Balaban J connectivity index is 1.50. The highest BCUT2D eigenvalue weighted by Gasteiger charge is 2.28. The van der Waals surface area contributed by atoms with Gasteiger partial charge in [-0.05, 0) is 106 Å². The zero-order valence-corrected chi connectivity index (χ0v) is 31.4. The van der Waals surface area contributed by atoms with Crippen LogP contribution in [0.25, 0.3) is 55.8 Å². The van der Waals surface area contributed by atoms with E-state index in [4.69, 9.17) is 19.4 Å². The fourth-order valence-electron chi connectivity index (χ4n) is 7.27. The lowest BCUT2D eigenvalue weighted by molar-refractivity contribution is 0.472. The van der Waals surface area contributed by atoms with Gasteiger partial charge in [0, 0.05) is 28.9 Å². The number of fused-ring (bicyclic) bond motifs is 2. The first-order valence-electron chi connectivity index (χ1n) is 17.7. The highest BCUT2D eigenvalue weighted by molar-refractivity contribution is 5.98. The number of aryl methyl sites for hydroxylation is 2. The monoisotopic (exact) mass is 673 g/mol. The minimum Gasteiger partial charge on any atom is -0.507 e. The maximum Gasteiger partial charge on any atom is 0.231 e. The molecule has 5 nitrogen and oxygen atoms in total. The number of benzene rings is 5. The van der Waals surface area contributed by atoms with E-state index in [-0.39, 0.29) is 22.0 Å². The molecule has 0 unspecified atom stereocenters. The van der Waals surface area contributed by atoms with Crippen LogP contribution < -0.4 is 0 Å². The van der Waals surface area contributed by atoms with Crippen molar-refractivity contribution < 1.29 is 9.52 Å². The molecule has 0 saturated carbocycles. The predicted octanol–water partition coefficient (Wildman–Crippen LogP) is 12.0. The van der Waals surface area contributed by atoms with Crippen molar-refractivity contribution >= 4 is 22.1 Å². The van der Waals surface area contributed by atoms with Gasteiger partial charge in [0.15, 0.2) is 5.58 Å². The van der Waals surface area contributed by atoms with E-state index in [1.807, 2.05) is 18.2 Å². The minimum absolute atomic E-state index is 0.0757. The van der Waals surface area contributed by atoms with Gasteiger partial charge < -0.3 is 9.52 Å². The normalized spacial score (nSPS) is 12.6. The highest BCUT2D eigenvalue weighted by atomic mass is 16.3. The Morgan fingerprint density at radius 2 is 1.20 bits per heavy atom. The van der Waals surface area contributed by atoms with Crippen molar-refractivity contribution in [3.05, 3.63) is 131 Å². The van der Waals surface area contributed by atoms with Crippen LogP contribution in [-0.4, -0.2) is 20.1 Å². The fourth-order valence-corrected chi connectivity index (χ4v) is 7.27. The van der Waals surface area contributed by atoms with Gasteiger partial charge in [-0.25, -0.2) is 4.98 Å². The van der Waals surface area contributed by atoms with Gasteiger partial charge in [0.2, 0.25) is 5.89 Å². The summed E-state index contributed by atoms with van der Waals surface area (Å²) in [6.07, 6.45) is 3.56. The molecule has 2 aromatic heterocycles. The van der Waals surface area contributed by atoms with Gasteiger partial charge in [0.1, 0.15) is 11.3 Å². The third-order valence-electron chi connectivity index (χ3n) is 10.3. The predicted molar refractivity (Wildman–Crippen MR) is 211 cm³/mol. The van der Waals surface area contributed by atoms with E-state index in [2.05, 4.69) is 130 Å². The van der Waals surface area contributed by atoms with Crippen molar-refractivity contribution in [2.75, 3.05) is 0 Å². The summed E-state index contributed by atoms with van der Waals surface area (Å²) in [6, 6.07) is 29.6. The zero-order valence-electron chi connectivity index (χ0n) is 31.4. The standard InChI is InChI=1S/C46H47N3O2/c1-27-20-29(22-30(21-27)35-26-37(45(6,7)8)28(2)40-42(35)48-19-18-47-40)34-24-33(46(9,10)31-14-12-11-13-15-31)25-39-41(34)49-43(51-39)36-23-32(44(3,4)5)16-17-38(36)50/h11-26,50H,1-10H3. The number of aromatic hydroxyl groups is 1. The number of phenols is 1. The first-order valence-corrected chi connectivity index (χ1v) is 17.7. The maximum absolute atomic E-state index is 11.1. The van der Waals surface area contributed by atoms with E-state index < -0.39 is 0 Å². The Bertz CT molecular complexity index is 2440. The summed E-state index contributed by atoms with van der Waals surface area (Å²) in [7, 11) is 0. The van der Waals surface area contributed by atoms with Crippen molar-refractivity contribution in [2.45, 2.75) is 85.5 Å². The smallest absolute Gasteiger partial charge is 0.231 e. The molecule has 5 aromatic carbocycles. The second-order valence-corrected chi connectivity index (χ2v) is 16.6. The Morgan fingerprint density at radius 3 is 1.84 bits per heavy atom. The molecule has 0 spiro atoms. The van der Waals surface area contributed by atoms with Crippen molar-refractivity contribution in [1.82, 2.24) is 15.0 Å². The molecule has 0 saturated heterocycles. The fraction of sp³-hybridized carbons (Fsp3) is 0.283. The molecule has 7 rings (SSSR count). The van der Waals surface area contributed by atoms with Crippen LogP contribution in [0.2, 0.25) is 0 Å². The van der Waals surface area contributed by atoms with Gasteiger partial charge in [-0.3, -0.25) is 9.97 Å². The second-order valence-electron chi connectivity index (χ2n) is 16.6. The lowest BCUT2D eigenvalue weighted by Gasteiger charge is -2.27. The average molecular weight is 674 g/mol. The number of oxazole rings is 1. The molecule has 2 heterocycles. The summed E-state index contributed by atoms with van der Waals surface area (Å²) in [4.78, 5) is 14.8. The number of nitrogens with zero attached hydrogens (tertiary/aromatic N) is 3. The van der Waals surface area contributed by atoms with E-state index in [9.17, 15) is 5.11 Å². The van der Waals surface area contributed by atoms with Crippen LogP contribution in [0.5, 0.6) is 5.75 Å². The van der Waals surface area contributed by atoms with E-state index in [0.29, 0.717) is 17.0 Å². The van der Waals surface area contributed by atoms with Crippen LogP contribution in [0.1, 0.15) is 88.8 Å². The molecule has 51 heavy (non-hydrogen) atoms. The second kappa shape index (κ2) is 12.2. The van der Waals surface area contributed by atoms with Crippen molar-refractivity contribution in [1.29, 1.82) is 0 Å². The molecule has 0 bridgehead atoms. The van der Waals surface area contributed by atoms with Crippen LogP contribution in [0.3, 0.4) is 0 Å². The molecule has 5 heteroatoms. The number of phenolic OH excluding ortho intramolecular Hbond substituents is 1. The van der Waals surface area contributed by atoms with Gasteiger partial charge in [0.25, 0.3) is 0 Å². The van der Waals surface area contributed by atoms with Crippen molar-refractivity contribution in [3.8, 4) is 39.5 Å². The Labute approximate surface area is 301 Å². The Morgan fingerprint density at radius 1 is 0.569 bits per heavy atom. The lowest BCUT2D eigenvalue weighted by atomic mass is 9.77. The van der Waals surface area contributed by atoms with E-state index in [1.165, 1.54) is 11.1 Å². The summed E-state index contributed by atoms with van der Waals surface area (Å²) < 4.78 is 6.62. The van der Waals surface area contributed by atoms with E-state index in [1.54, 1.807) is 18.5 Å². The molecule has 1 N–H and O–H groups in total. The molecule has 7 aromatic rings. The molecular formula is C46H47N3O2. The van der Waals surface area contributed by atoms with Crippen LogP contribution in [0.15, 0.2) is 102 Å². The molecule has 0 radical (unpaired) electrons. The van der Waals surface area contributed by atoms with Gasteiger partial charge >= 0.3 is 0 Å². The van der Waals surface area contributed by atoms with Crippen molar-refractivity contribution in [2.24, 2.45) is 0 Å². The molecular weight excluding hydrogens is 627 g/mol. The molecule has 0 amide bonds. The average Bonchev–Trinajstić information content (AvgIpc) is 3.51. The molecule has 0 aliphatic heterocycles. The molecule has 0 atom stereocenters. The van der Waals surface area contributed by atoms with Crippen LogP contribution in [-0.2, 0) is 16.2 Å². The van der Waals surface area contributed by atoms with E-state index in [0.717, 1.165) is 61.1 Å². The molecule has 0 fully saturated rings. The summed E-state index contributed by atoms with van der Waals surface area (Å²) in [5.41, 5.74) is 14.4. The summed E-state index contributed by atoms with van der Waals surface area (Å²) in [5.74, 6) is 0.535. The molecule has 258 valence electrons. The van der Waals surface area contributed by atoms with Gasteiger partial charge in [-0.1, -0.05) is 104 Å². The summed E-state index contributed by atoms with van der Waals surface area (Å²) in [5, 5.41) is 11.1. The van der Waals surface area contributed by atoms with Gasteiger partial charge in [0.05, 0.1) is 16.6 Å².